The number of ether oxygens (including phenoxy) is 1. The van der Waals surface area contributed by atoms with E-state index in [-0.39, 0.29) is 0 Å². The molecule has 3 nitrogen and oxygen atoms in total. The Morgan fingerprint density at radius 3 is 2.07 bits per heavy atom. The van der Waals surface area contributed by atoms with E-state index in [1.807, 2.05) is 11.3 Å². The summed E-state index contributed by atoms with van der Waals surface area (Å²) in [5.41, 5.74) is 7.03. The number of hydrogen-bond donors (Lipinski definition) is 0. The van der Waals surface area contributed by atoms with Crippen LogP contribution in [0.5, 0.6) is 11.5 Å². The molecule has 3 aliphatic rings. The molecule has 5 aromatic carbocycles. The van der Waals surface area contributed by atoms with E-state index < -0.39 is 23.7 Å². The molecule has 0 saturated carbocycles. The van der Waals surface area contributed by atoms with E-state index in [1.54, 1.807) is 0 Å². The molecule has 2 aliphatic heterocycles. The lowest BCUT2D eigenvalue weighted by Crippen LogP contribution is -2.41. The van der Waals surface area contributed by atoms with Gasteiger partial charge < -0.3 is 14.0 Å². The lowest BCUT2D eigenvalue weighted by atomic mass is 9.64. The molecular weight excluding hydrogens is 535 g/mol. The molecule has 1 unspecified atom stereocenters. The Bertz CT molecular complexity index is 2090. The summed E-state index contributed by atoms with van der Waals surface area (Å²) in [6.07, 6.45) is 0. The zero-order chi connectivity index (χ0) is 28.4. The monoisotopic (exact) mass is 564 g/mol. The predicted molar refractivity (Wildman–Crippen MR) is 172 cm³/mol. The van der Waals surface area contributed by atoms with Gasteiger partial charge in [0.05, 0.1) is 16.6 Å². The van der Waals surface area contributed by atoms with E-state index in [0.29, 0.717) is 0 Å². The topological polar surface area (TPSA) is 27.7 Å². The zero-order valence-corrected chi connectivity index (χ0v) is 24.8. The van der Waals surface area contributed by atoms with E-state index >= 15 is 0 Å². The Kier molecular flexibility index (Phi) is 4.78. The summed E-state index contributed by atoms with van der Waals surface area (Å²) < 4.78 is 22.4. The highest BCUT2D eigenvalue weighted by molar-refractivity contribution is 7.25. The first-order valence-corrected chi connectivity index (χ1v) is 15.4. The number of para-hydroxylation sites is 1. The van der Waals surface area contributed by atoms with Crippen molar-refractivity contribution in [3.05, 3.63) is 125 Å². The Balaban J connectivity index is 1.38. The van der Waals surface area contributed by atoms with Gasteiger partial charge in [0.25, 0.3) is 0 Å². The van der Waals surface area contributed by atoms with Crippen LogP contribution in [0.2, 0.25) is 0 Å². The van der Waals surface area contributed by atoms with Crippen LogP contribution < -0.4 is 10.2 Å². The summed E-state index contributed by atoms with van der Waals surface area (Å²) in [6.45, 7) is 8.41. The Labute approximate surface area is 249 Å². The van der Waals surface area contributed by atoms with Crippen molar-refractivity contribution in [1.29, 1.82) is 0 Å². The van der Waals surface area contributed by atoms with Gasteiger partial charge in [-0.3, -0.25) is 0 Å². The molecular formula is C37H29BO3S. The normalized spacial score (nSPS) is 20.8. The molecule has 1 aromatic heterocycles. The van der Waals surface area contributed by atoms with Crippen LogP contribution in [0.4, 0.5) is 0 Å². The highest BCUT2D eigenvalue weighted by atomic mass is 32.1. The standard InChI is InChI=1S/C37H29BO3S/c1-35(2)36(3,4)41-38(40-35)22-17-18-32-30(19-22)37(28-14-8-9-15-31(28)39-32)27-13-7-5-11-23(27)25-21-34-26(20-29(25)37)24-12-6-10-16-33(24)42-34/h5-21H,1-4H3. The van der Waals surface area contributed by atoms with Crippen molar-refractivity contribution in [2.75, 3.05) is 0 Å². The summed E-state index contributed by atoms with van der Waals surface area (Å²) >= 11 is 1.87. The molecule has 42 heavy (non-hydrogen) atoms. The van der Waals surface area contributed by atoms with Crippen molar-refractivity contribution in [2.24, 2.45) is 0 Å². The van der Waals surface area contributed by atoms with Crippen LogP contribution in [0.15, 0.2) is 103 Å². The Morgan fingerprint density at radius 1 is 0.548 bits per heavy atom. The van der Waals surface area contributed by atoms with Crippen molar-refractivity contribution in [1.82, 2.24) is 0 Å². The van der Waals surface area contributed by atoms with Crippen molar-refractivity contribution < 1.29 is 14.0 Å². The van der Waals surface area contributed by atoms with Crippen LogP contribution >= 0.6 is 11.3 Å². The number of thiophene rings is 1. The van der Waals surface area contributed by atoms with Crippen LogP contribution in [0.25, 0.3) is 31.3 Å². The second-order valence-corrected chi connectivity index (χ2v) is 13.8. The van der Waals surface area contributed by atoms with Gasteiger partial charge in [0.15, 0.2) is 0 Å². The molecule has 1 atom stereocenters. The molecule has 204 valence electrons. The second-order valence-electron chi connectivity index (χ2n) is 12.7. The predicted octanol–water partition coefficient (Wildman–Crippen LogP) is 8.82. The minimum atomic E-state index is -0.549. The zero-order valence-electron chi connectivity index (χ0n) is 24.0. The third-order valence-corrected chi connectivity index (χ3v) is 11.1. The van der Waals surface area contributed by atoms with E-state index in [2.05, 4.69) is 131 Å². The maximum absolute atomic E-state index is 6.66. The van der Waals surface area contributed by atoms with Gasteiger partial charge in [-0.25, -0.2) is 0 Å². The maximum atomic E-state index is 6.66. The number of hydrogen-bond acceptors (Lipinski definition) is 4. The van der Waals surface area contributed by atoms with Crippen LogP contribution in [-0.2, 0) is 14.7 Å². The summed E-state index contributed by atoms with van der Waals surface area (Å²) in [6, 6.07) is 37.5. The molecule has 1 aliphatic carbocycles. The first-order valence-electron chi connectivity index (χ1n) is 14.6. The fourth-order valence-corrected chi connectivity index (χ4v) is 8.39. The molecule has 5 heteroatoms. The highest BCUT2D eigenvalue weighted by Gasteiger charge is 2.54. The molecule has 0 amide bonds. The van der Waals surface area contributed by atoms with Crippen LogP contribution in [0.1, 0.15) is 49.9 Å². The SMILES string of the molecule is CC1(C)OB(c2ccc3c(c2)C2(c4ccccc4O3)c3ccccc3-c3cc4sc5ccccc5c4cc32)OC1(C)C. The second kappa shape index (κ2) is 8.14. The molecule has 9 rings (SSSR count). The van der Waals surface area contributed by atoms with Crippen LogP contribution in [0, 0.1) is 0 Å². The van der Waals surface area contributed by atoms with Crippen molar-refractivity contribution in [3.63, 3.8) is 0 Å². The minimum absolute atomic E-state index is 0.424. The molecule has 0 radical (unpaired) electrons. The molecule has 3 heterocycles. The molecule has 6 aromatic rings. The van der Waals surface area contributed by atoms with E-state index in [0.717, 1.165) is 28.1 Å². The number of rotatable bonds is 1. The van der Waals surface area contributed by atoms with E-state index in [9.17, 15) is 0 Å². The third-order valence-electron chi connectivity index (χ3n) is 9.99. The number of fused-ring (bicyclic) bond motifs is 12. The van der Waals surface area contributed by atoms with Crippen molar-refractivity contribution in [3.8, 4) is 22.6 Å². The summed E-state index contributed by atoms with van der Waals surface area (Å²) in [5, 5.41) is 2.60. The summed E-state index contributed by atoms with van der Waals surface area (Å²) in [7, 11) is -0.464. The number of benzene rings is 5. The molecule has 1 saturated heterocycles. The highest BCUT2D eigenvalue weighted by Crippen LogP contribution is 2.62. The molecule has 1 spiro atoms. The van der Waals surface area contributed by atoms with E-state index in [4.69, 9.17) is 14.0 Å². The van der Waals surface area contributed by atoms with Gasteiger partial charge in [0, 0.05) is 31.3 Å². The van der Waals surface area contributed by atoms with Gasteiger partial charge in [-0.1, -0.05) is 72.8 Å². The molecule has 0 N–H and O–H groups in total. The quantitative estimate of drug-likeness (QED) is 0.187. The first-order chi connectivity index (χ1) is 20.3. The van der Waals surface area contributed by atoms with Gasteiger partial charge in [-0.05, 0) is 85.7 Å². The van der Waals surface area contributed by atoms with Gasteiger partial charge >= 0.3 is 7.12 Å². The van der Waals surface area contributed by atoms with Gasteiger partial charge in [0.1, 0.15) is 11.5 Å². The molecule has 0 bridgehead atoms. The van der Waals surface area contributed by atoms with Gasteiger partial charge in [0.2, 0.25) is 0 Å². The smallest absolute Gasteiger partial charge is 0.457 e. The largest absolute Gasteiger partial charge is 0.494 e. The van der Waals surface area contributed by atoms with E-state index in [1.165, 1.54) is 42.4 Å². The minimum Gasteiger partial charge on any atom is -0.457 e. The first kappa shape index (κ1) is 24.7. The Morgan fingerprint density at radius 2 is 1.24 bits per heavy atom. The van der Waals surface area contributed by atoms with Crippen molar-refractivity contribution >= 4 is 44.1 Å². The molecule has 1 fully saturated rings. The average Bonchev–Trinajstić information content (AvgIpc) is 3.57. The lowest BCUT2D eigenvalue weighted by molar-refractivity contribution is 0.00578. The van der Waals surface area contributed by atoms with Crippen LogP contribution in [0.3, 0.4) is 0 Å². The van der Waals surface area contributed by atoms with Gasteiger partial charge in [-0.15, -0.1) is 11.3 Å². The summed E-state index contributed by atoms with van der Waals surface area (Å²) in [4.78, 5) is 0. The Hall–Kier alpha value is -3.90. The summed E-state index contributed by atoms with van der Waals surface area (Å²) in [5.74, 6) is 1.76. The average molecular weight is 565 g/mol. The van der Waals surface area contributed by atoms with Crippen LogP contribution in [-0.4, -0.2) is 18.3 Å². The maximum Gasteiger partial charge on any atom is 0.494 e. The fraction of sp³-hybridized carbons (Fsp3) is 0.189. The lowest BCUT2D eigenvalue weighted by Gasteiger charge is -2.39. The van der Waals surface area contributed by atoms with Crippen molar-refractivity contribution in [2.45, 2.75) is 44.3 Å². The third kappa shape index (κ3) is 3.03. The van der Waals surface area contributed by atoms with Gasteiger partial charge in [-0.2, -0.15) is 0 Å². The fourth-order valence-electron chi connectivity index (χ4n) is 7.26.